The van der Waals surface area contributed by atoms with Crippen LogP contribution in [0.5, 0.6) is 0 Å². The summed E-state index contributed by atoms with van der Waals surface area (Å²) in [5.41, 5.74) is 6.19. The van der Waals surface area contributed by atoms with Gasteiger partial charge in [0, 0.05) is 20.2 Å². The number of ether oxygens (including phenoxy) is 1. The van der Waals surface area contributed by atoms with E-state index in [1.165, 1.54) is 11.3 Å². The fraction of sp³-hybridized carbons (Fsp3) is 0.455. The Kier molecular flexibility index (Phi) is 5.46. The molecule has 0 saturated carbocycles. The van der Waals surface area contributed by atoms with Crippen LogP contribution in [0.25, 0.3) is 0 Å². The lowest BCUT2D eigenvalue weighted by atomic mass is 10.3. The largest absolute Gasteiger partial charge is 0.397 e. The average molecular weight is 253 g/mol. The van der Waals surface area contributed by atoms with Crippen molar-refractivity contribution in [3.8, 4) is 6.07 Å². The number of rotatable bonds is 6. The molecule has 0 aliphatic carbocycles. The highest BCUT2D eigenvalue weighted by Gasteiger charge is 2.18. The molecule has 0 spiro atoms. The van der Waals surface area contributed by atoms with Gasteiger partial charge in [0.05, 0.1) is 24.8 Å². The van der Waals surface area contributed by atoms with Gasteiger partial charge in [-0.05, 0) is 11.4 Å². The Labute approximate surface area is 104 Å². The molecule has 1 aromatic rings. The second-order valence-electron chi connectivity index (χ2n) is 3.40. The molecule has 0 radical (unpaired) electrons. The average Bonchev–Trinajstić information content (AvgIpc) is 2.75. The van der Waals surface area contributed by atoms with Crippen LogP contribution >= 0.6 is 11.3 Å². The Morgan fingerprint density at radius 1 is 1.65 bits per heavy atom. The van der Waals surface area contributed by atoms with Gasteiger partial charge in [-0.25, -0.2) is 0 Å². The molecule has 17 heavy (non-hydrogen) atoms. The number of carbonyl (C=O) groups excluding carboxylic acids is 1. The van der Waals surface area contributed by atoms with E-state index in [1.54, 1.807) is 23.5 Å². The zero-order chi connectivity index (χ0) is 12.7. The number of nitriles is 1. The first kappa shape index (κ1) is 13.5. The van der Waals surface area contributed by atoms with Gasteiger partial charge in [-0.2, -0.15) is 5.26 Å². The number of amides is 1. The number of hydrogen-bond donors (Lipinski definition) is 1. The molecule has 0 atom stereocenters. The van der Waals surface area contributed by atoms with Crippen molar-refractivity contribution in [2.24, 2.45) is 0 Å². The van der Waals surface area contributed by atoms with Gasteiger partial charge in [0.25, 0.3) is 5.91 Å². The van der Waals surface area contributed by atoms with Crippen LogP contribution in [0.4, 0.5) is 5.69 Å². The van der Waals surface area contributed by atoms with E-state index >= 15 is 0 Å². The lowest BCUT2D eigenvalue weighted by molar-refractivity contribution is 0.0705. The molecule has 2 N–H and O–H groups in total. The smallest absolute Gasteiger partial charge is 0.266 e. The summed E-state index contributed by atoms with van der Waals surface area (Å²) in [5, 5.41) is 10.3. The van der Waals surface area contributed by atoms with Gasteiger partial charge in [-0.15, -0.1) is 11.3 Å². The monoisotopic (exact) mass is 253 g/mol. The number of methoxy groups -OCH3 is 1. The Balaban J connectivity index is 2.72. The number of carbonyl (C=O) groups is 1. The predicted octanol–water partition coefficient (Wildman–Crippen LogP) is 1.33. The quantitative estimate of drug-likeness (QED) is 0.829. The summed E-state index contributed by atoms with van der Waals surface area (Å²) in [6.45, 7) is 1.31. The van der Waals surface area contributed by atoms with Crippen LogP contribution in [0.1, 0.15) is 16.1 Å². The number of nitrogen functional groups attached to an aromatic ring is 1. The maximum absolute atomic E-state index is 12.1. The van der Waals surface area contributed by atoms with Crippen LogP contribution in [-0.4, -0.2) is 37.6 Å². The molecule has 0 unspecified atom stereocenters. The van der Waals surface area contributed by atoms with Gasteiger partial charge in [0.15, 0.2) is 0 Å². The van der Waals surface area contributed by atoms with Crippen LogP contribution in [0, 0.1) is 11.3 Å². The predicted molar refractivity (Wildman–Crippen MR) is 66.7 cm³/mol. The zero-order valence-corrected chi connectivity index (χ0v) is 10.5. The van der Waals surface area contributed by atoms with E-state index in [2.05, 4.69) is 0 Å². The maximum Gasteiger partial charge on any atom is 0.266 e. The van der Waals surface area contributed by atoms with Crippen molar-refractivity contribution in [2.75, 3.05) is 32.5 Å². The van der Waals surface area contributed by atoms with Crippen LogP contribution in [0.15, 0.2) is 11.4 Å². The van der Waals surface area contributed by atoms with Crippen molar-refractivity contribution >= 4 is 22.9 Å². The number of anilines is 1. The fourth-order valence-corrected chi connectivity index (χ4v) is 2.12. The van der Waals surface area contributed by atoms with Crippen LogP contribution in [0.2, 0.25) is 0 Å². The normalized spacial score (nSPS) is 9.88. The van der Waals surface area contributed by atoms with E-state index in [1.807, 2.05) is 6.07 Å². The van der Waals surface area contributed by atoms with E-state index in [0.717, 1.165) is 0 Å². The van der Waals surface area contributed by atoms with E-state index in [0.29, 0.717) is 36.7 Å². The molecule has 0 saturated heterocycles. The molecular formula is C11H15N3O2S. The minimum Gasteiger partial charge on any atom is -0.397 e. The zero-order valence-electron chi connectivity index (χ0n) is 9.68. The van der Waals surface area contributed by atoms with Crippen LogP contribution in [0.3, 0.4) is 0 Å². The summed E-state index contributed by atoms with van der Waals surface area (Å²) < 4.78 is 4.95. The highest BCUT2D eigenvalue weighted by Crippen LogP contribution is 2.20. The second kappa shape index (κ2) is 6.89. The molecule has 0 aliphatic rings. The fourth-order valence-electron chi connectivity index (χ4n) is 1.34. The maximum atomic E-state index is 12.1. The van der Waals surface area contributed by atoms with Crippen LogP contribution < -0.4 is 5.73 Å². The lowest BCUT2D eigenvalue weighted by Crippen LogP contribution is -2.34. The number of nitrogens with zero attached hydrogens (tertiary/aromatic N) is 2. The number of thiophene rings is 1. The summed E-state index contributed by atoms with van der Waals surface area (Å²) in [6.07, 6.45) is 0.306. The summed E-state index contributed by atoms with van der Waals surface area (Å²) in [7, 11) is 1.58. The Hall–Kier alpha value is -1.58. The third-order valence-corrected chi connectivity index (χ3v) is 3.15. The Morgan fingerprint density at radius 2 is 2.41 bits per heavy atom. The highest BCUT2D eigenvalue weighted by molar-refractivity contribution is 7.12. The van der Waals surface area contributed by atoms with Crippen molar-refractivity contribution in [1.82, 2.24) is 4.90 Å². The first-order valence-corrected chi connectivity index (χ1v) is 6.06. The molecule has 1 amide bonds. The van der Waals surface area contributed by atoms with Gasteiger partial charge >= 0.3 is 0 Å². The third kappa shape index (κ3) is 3.73. The summed E-state index contributed by atoms with van der Waals surface area (Å²) in [6, 6.07) is 3.73. The molecular weight excluding hydrogens is 238 g/mol. The lowest BCUT2D eigenvalue weighted by Gasteiger charge is -2.20. The van der Waals surface area contributed by atoms with Crippen molar-refractivity contribution < 1.29 is 9.53 Å². The van der Waals surface area contributed by atoms with Gasteiger partial charge in [-0.3, -0.25) is 4.79 Å². The molecule has 5 nitrogen and oxygen atoms in total. The molecule has 1 heterocycles. The van der Waals surface area contributed by atoms with E-state index in [-0.39, 0.29) is 5.91 Å². The van der Waals surface area contributed by atoms with Gasteiger partial charge in [-0.1, -0.05) is 0 Å². The topological polar surface area (TPSA) is 79.3 Å². The second-order valence-corrected chi connectivity index (χ2v) is 4.31. The molecule has 1 rings (SSSR count). The SMILES string of the molecule is COCCN(CCC#N)C(=O)c1sccc1N. The first-order chi connectivity index (χ1) is 8.20. The van der Waals surface area contributed by atoms with Gasteiger partial charge in [0.2, 0.25) is 0 Å². The van der Waals surface area contributed by atoms with Gasteiger partial charge in [0.1, 0.15) is 4.88 Å². The van der Waals surface area contributed by atoms with Gasteiger partial charge < -0.3 is 15.4 Å². The van der Waals surface area contributed by atoms with Crippen molar-refractivity contribution in [3.05, 3.63) is 16.3 Å². The minimum absolute atomic E-state index is 0.134. The minimum atomic E-state index is -0.134. The van der Waals surface area contributed by atoms with Crippen LogP contribution in [-0.2, 0) is 4.74 Å². The standard InChI is InChI=1S/C11H15N3O2S/c1-16-7-6-14(5-2-4-12)11(15)10-9(13)3-8-17-10/h3,8H,2,5-7,13H2,1H3. The molecule has 6 heteroatoms. The molecule has 92 valence electrons. The van der Waals surface area contributed by atoms with Crippen molar-refractivity contribution in [2.45, 2.75) is 6.42 Å². The molecule has 0 aromatic carbocycles. The molecule has 0 bridgehead atoms. The number of hydrogen-bond acceptors (Lipinski definition) is 5. The number of nitrogens with two attached hydrogens (primary N) is 1. The Morgan fingerprint density at radius 3 is 2.94 bits per heavy atom. The highest BCUT2D eigenvalue weighted by atomic mass is 32.1. The Bertz CT molecular complexity index is 411. The van der Waals surface area contributed by atoms with E-state index in [4.69, 9.17) is 15.7 Å². The van der Waals surface area contributed by atoms with E-state index < -0.39 is 0 Å². The third-order valence-electron chi connectivity index (χ3n) is 2.24. The molecule has 1 aromatic heterocycles. The summed E-state index contributed by atoms with van der Waals surface area (Å²) in [4.78, 5) is 14.2. The van der Waals surface area contributed by atoms with Crippen molar-refractivity contribution in [1.29, 1.82) is 5.26 Å². The first-order valence-electron chi connectivity index (χ1n) is 5.18. The molecule has 0 fully saturated rings. The van der Waals surface area contributed by atoms with Crippen molar-refractivity contribution in [3.63, 3.8) is 0 Å². The summed E-state index contributed by atoms with van der Waals surface area (Å²) in [5.74, 6) is -0.134. The summed E-state index contributed by atoms with van der Waals surface area (Å²) >= 11 is 1.31. The van der Waals surface area contributed by atoms with E-state index in [9.17, 15) is 4.79 Å². The molecule has 0 aliphatic heterocycles.